The third-order valence-corrected chi connectivity index (χ3v) is 16.8. The van der Waals surface area contributed by atoms with Crippen molar-refractivity contribution in [2.24, 2.45) is 0 Å². The molecule has 0 spiro atoms. The van der Waals surface area contributed by atoms with Crippen LogP contribution in [0.15, 0.2) is 255 Å². The van der Waals surface area contributed by atoms with Crippen molar-refractivity contribution in [2.75, 3.05) is 65.9 Å². The molecule has 0 bridgehead atoms. The van der Waals surface area contributed by atoms with Gasteiger partial charge >= 0.3 is 0 Å². The molecule has 0 fully saturated rings. The van der Waals surface area contributed by atoms with E-state index < -0.39 is 0 Å². The van der Waals surface area contributed by atoms with Crippen molar-refractivity contribution in [1.29, 1.82) is 0 Å². The van der Waals surface area contributed by atoms with Gasteiger partial charge in [0.05, 0.1) is 45.5 Å². The number of aryl methyl sites for hydroxylation is 4. The highest BCUT2D eigenvalue weighted by molar-refractivity contribution is 5.92. The molecule has 4 aliphatic rings. The van der Waals surface area contributed by atoms with Crippen LogP contribution >= 0.6 is 0 Å². The molecule has 15 rings (SSSR count). The van der Waals surface area contributed by atoms with Crippen LogP contribution in [0.4, 0.5) is 91.0 Å². The van der Waals surface area contributed by atoms with Crippen molar-refractivity contribution in [1.82, 2.24) is 0 Å². The Kier molecular flexibility index (Phi) is 12.4. The number of benzene rings is 11. The summed E-state index contributed by atoms with van der Waals surface area (Å²) in [5.41, 5.74) is 23.3. The molecule has 0 aromatic heterocycles. The van der Waals surface area contributed by atoms with Crippen molar-refractivity contribution < 1.29 is 9.47 Å². The first kappa shape index (κ1) is 50.4. The van der Waals surface area contributed by atoms with E-state index in [0.717, 1.165) is 79.9 Å². The predicted molar refractivity (Wildman–Crippen MR) is 347 cm³/mol. The minimum atomic E-state index is 0.643. The monoisotopic (exact) mass is 1090 g/mol. The Morgan fingerprint density at radius 3 is 0.750 bits per heavy atom. The molecule has 410 valence electrons. The molecule has 0 saturated heterocycles. The fraction of sp³-hybridized carbons (Fsp3) is 0.108. The molecular formula is C74H62N8O2. The lowest BCUT2D eigenvalue weighted by atomic mass is 10.1. The van der Waals surface area contributed by atoms with E-state index in [0.29, 0.717) is 26.7 Å². The minimum Gasteiger partial charge on any atom is -0.457 e. The summed E-state index contributed by atoms with van der Waals surface area (Å²) >= 11 is 0. The number of nitrogens with zero attached hydrogens (tertiary/aromatic N) is 8. The van der Waals surface area contributed by atoms with Crippen LogP contribution in [0.25, 0.3) is 0 Å². The standard InChI is InChI=1S/C74H62N8O2/c1-51-33-35-53(3)73(41-51)81-49-79(69-29-9-11-31-71(69)81)59-19-15-23-63(45-59)83-61-21-13-17-57(43-61)77-47-75(65-25-5-7-27-67(65)77)55-37-39-56(40-38-55)76-48-78(68-28-8-6-26-66(68)76)58-18-14-22-62(44-58)84-64-24-16-20-60(46-64)80-50-82(72-32-12-10-30-70(72)80)74-42-52(2)34-36-54(74)4/h5-46H,47-50H2,1-4H3. The van der Waals surface area contributed by atoms with Crippen LogP contribution in [0.5, 0.6) is 23.0 Å². The van der Waals surface area contributed by atoms with Gasteiger partial charge < -0.3 is 48.7 Å². The van der Waals surface area contributed by atoms with Gasteiger partial charge in [0.1, 0.15) is 49.7 Å². The van der Waals surface area contributed by atoms with Gasteiger partial charge in [-0.05, 0) is 183 Å². The van der Waals surface area contributed by atoms with Crippen LogP contribution in [0.1, 0.15) is 22.3 Å². The maximum absolute atomic E-state index is 6.72. The van der Waals surface area contributed by atoms with Gasteiger partial charge in [-0.3, -0.25) is 0 Å². The molecule has 10 heteroatoms. The summed E-state index contributed by atoms with van der Waals surface area (Å²) in [6.07, 6.45) is 0. The minimum absolute atomic E-state index is 0.643. The van der Waals surface area contributed by atoms with Crippen LogP contribution in [0.2, 0.25) is 0 Å². The Morgan fingerprint density at radius 2 is 0.464 bits per heavy atom. The lowest BCUT2D eigenvalue weighted by Crippen LogP contribution is -2.25. The highest BCUT2D eigenvalue weighted by Crippen LogP contribution is 2.51. The van der Waals surface area contributed by atoms with Crippen LogP contribution in [0.3, 0.4) is 0 Å². The summed E-state index contributed by atoms with van der Waals surface area (Å²) in [6.45, 7) is 11.4. The molecule has 0 aliphatic carbocycles. The first-order valence-electron chi connectivity index (χ1n) is 28.8. The lowest BCUT2D eigenvalue weighted by molar-refractivity contribution is 0.482. The van der Waals surface area contributed by atoms with E-state index >= 15 is 0 Å². The zero-order valence-electron chi connectivity index (χ0n) is 47.5. The molecule has 11 aromatic carbocycles. The van der Waals surface area contributed by atoms with E-state index in [1.54, 1.807) is 0 Å². The summed E-state index contributed by atoms with van der Waals surface area (Å²) in [4.78, 5) is 19.1. The highest BCUT2D eigenvalue weighted by Gasteiger charge is 2.33. The third kappa shape index (κ3) is 9.09. The second kappa shape index (κ2) is 20.8. The van der Waals surface area contributed by atoms with Crippen molar-refractivity contribution in [3.63, 3.8) is 0 Å². The van der Waals surface area contributed by atoms with E-state index in [-0.39, 0.29) is 0 Å². The van der Waals surface area contributed by atoms with Gasteiger partial charge in [0.15, 0.2) is 0 Å². The molecule has 0 atom stereocenters. The van der Waals surface area contributed by atoms with Crippen molar-refractivity contribution in [3.05, 3.63) is 277 Å². The fourth-order valence-electron chi connectivity index (χ4n) is 12.6. The van der Waals surface area contributed by atoms with Crippen LogP contribution in [-0.2, 0) is 0 Å². The average Bonchev–Trinajstić information content (AvgIpc) is 3.11. The second-order valence-corrected chi connectivity index (χ2v) is 22.2. The van der Waals surface area contributed by atoms with Gasteiger partial charge in [-0.25, -0.2) is 0 Å². The molecule has 0 unspecified atom stereocenters. The molecule has 0 saturated carbocycles. The van der Waals surface area contributed by atoms with E-state index in [1.165, 1.54) is 56.4 Å². The molecule has 4 aliphatic heterocycles. The van der Waals surface area contributed by atoms with Gasteiger partial charge in [0.2, 0.25) is 0 Å². The molecule has 84 heavy (non-hydrogen) atoms. The van der Waals surface area contributed by atoms with E-state index in [1.807, 2.05) is 24.3 Å². The summed E-state index contributed by atoms with van der Waals surface area (Å²) in [5, 5.41) is 0. The topological polar surface area (TPSA) is 44.4 Å². The largest absolute Gasteiger partial charge is 0.457 e. The third-order valence-electron chi connectivity index (χ3n) is 16.8. The van der Waals surface area contributed by atoms with Gasteiger partial charge in [-0.1, -0.05) is 97.1 Å². The number of fused-ring (bicyclic) bond motifs is 4. The fourth-order valence-corrected chi connectivity index (χ4v) is 12.6. The molecule has 0 radical (unpaired) electrons. The summed E-state index contributed by atoms with van der Waals surface area (Å²) in [7, 11) is 0. The maximum Gasteiger partial charge on any atom is 0.129 e. The van der Waals surface area contributed by atoms with Crippen molar-refractivity contribution in [3.8, 4) is 23.0 Å². The zero-order valence-corrected chi connectivity index (χ0v) is 47.5. The Morgan fingerprint density at radius 1 is 0.214 bits per heavy atom. The Hall–Kier alpha value is -10.6. The summed E-state index contributed by atoms with van der Waals surface area (Å²) in [6, 6.07) is 90.7. The summed E-state index contributed by atoms with van der Waals surface area (Å²) in [5.74, 6) is 3.12. The van der Waals surface area contributed by atoms with E-state index in [9.17, 15) is 0 Å². The van der Waals surface area contributed by atoms with Crippen LogP contribution < -0.4 is 48.7 Å². The Bertz CT molecular complexity index is 4040. The van der Waals surface area contributed by atoms with E-state index in [2.05, 4.69) is 297 Å². The number of hydrogen-bond acceptors (Lipinski definition) is 10. The first-order valence-corrected chi connectivity index (χ1v) is 28.8. The lowest BCUT2D eigenvalue weighted by Gasteiger charge is -2.25. The van der Waals surface area contributed by atoms with Gasteiger partial charge in [0.25, 0.3) is 0 Å². The van der Waals surface area contributed by atoms with E-state index in [4.69, 9.17) is 9.47 Å². The average molecular weight is 1100 g/mol. The SMILES string of the molecule is Cc1ccc(C)c(N2CN(c3cccc(Oc4cccc(N5CN(c6ccc(N7CN(c8cccc(Oc9cccc(N%10CN(c%11cc(C)ccc%11C)c%11ccccc%11%10)c9)c8)c8ccccc87)cc6)c6ccccc65)c4)c3)c3ccccc32)c1. The maximum atomic E-state index is 6.72. The number of ether oxygens (including phenoxy) is 2. The molecule has 0 N–H and O–H groups in total. The normalized spacial score (nSPS) is 14.0. The molecule has 0 amide bonds. The van der Waals surface area contributed by atoms with Gasteiger partial charge in [0, 0.05) is 69.8 Å². The number of para-hydroxylation sites is 8. The summed E-state index contributed by atoms with van der Waals surface area (Å²) < 4.78 is 13.4. The smallest absolute Gasteiger partial charge is 0.129 e. The number of rotatable bonds is 12. The molecule has 10 nitrogen and oxygen atoms in total. The highest BCUT2D eigenvalue weighted by atomic mass is 16.5. The van der Waals surface area contributed by atoms with Crippen molar-refractivity contribution in [2.45, 2.75) is 27.7 Å². The zero-order chi connectivity index (χ0) is 56.4. The molecule has 11 aromatic rings. The van der Waals surface area contributed by atoms with Gasteiger partial charge in [-0.15, -0.1) is 0 Å². The molecular weight excluding hydrogens is 1030 g/mol. The van der Waals surface area contributed by atoms with Gasteiger partial charge in [-0.2, -0.15) is 0 Å². The molecule has 4 heterocycles. The Labute approximate surface area is 491 Å². The van der Waals surface area contributed by atoms with Crippen LogP contribution in [-0.4, -0.2) is 26.7 Å². The second-order valence-electron chi connectivity index (χ2n) is 22.2. The van der Waals surface area contributed by atoms with Crippen LogP contribution in [0, 0.1) is 27.7 Å². The first-order chi connectivity index (χ1) is 41.2. The Balaban J connectivity index is 0.638. The number of anilines is 16. The number of hydrogen-bond donors (Lipinski definition) is 0. The quantitative estimate of drug-likeness (QED) is 0.118. The van der Waals surface area contributed by atoms with Crippen molar-refractivity contribution >= 4 is 91.0 Å². The predicted octanol–water partition coefficient (Wildman–Crippen LogP) is 19.5.